The highest BCUT2D eigenvalue weighted by molar-refractivity contribution is 5.93. The van der Waals surface area contributed by atoms with Crippen LogP contribution in [-0.2, 0) is 24.0 Å². The van der Waals surface area contributed by atoms with Gasteiger partial charge in [-0.15, -0.1) is 0 Å². The van der Waals surface area contributed by atoms with E-state index < -0.39 is 60.8 Å². The van der Waals surface area contributed by atoms with E-state index in [-0.39, 0.29) is 24.7 Å². The number of hydrogen-bond acceptors (Lipinski definition) is 6. The van der Waals surface area contributed by atoms with Gasteiger partial charge in [-0.1, -0.05) is 34.1 Å². The smallest absolute Gasteiger partial charge is 0.322 e. The van der Waals surface area contributed by atoms with E-state index in [2.05, 4.69) is 16.0 Å². The molecule has 0 aromatic rings. The van der Waals surface area contributed by atoms with Crippen LogP contribution in [0.3, 0.4) is 0 Å². The van der Waals surface area contributed by atoms with E-state index in [0.717, 1.165) is 0 Å². The van der Waals surface area contributed by atoms with Gasteiger partial charge in [-0.05, 0) is 24.7 Å². The van der Waals surface area contributed by atoms with Crippen molar-refractivity contribution in [1.82, 2.24) is 16.0 Å². The summed E-state index contributed by atoms with van der Waals surface area (Å²) in [5.41, 5.74) is 5.92. The van der Waals surface area contributed by atoms with E-state index in [4.69, 9.17) is 15.9 Å². The van der Waals surface area contributed by atoms with E-state index in [1.807, 2.05) is 27.7 Å². The number of carboxylic acid groups (broad SMARTS) is 2. The van der Waals surface area contributed by atoms with Crippen LogP contribution in [0.15, 0.2) is 0 Å². The molecule has 0 aliphatic heterocycles. The average molecular weight is 431 g/mol. The van der Waals surface area contributed by atoms with E-state index >= 15 is 0 Å². The molecular formula is C19H34N4O7. The minimum Gasteiger partial charge on any atom is -0.481 e. The molecule has 0 aliphatic rings. The van der Waals surface area contributed by atoms with Crippen LogP contribution in [0.25, 0.3) is 0 Å². The Bertz CT molecular complexity index is 624. The highest BCUT2D eigenvalue weighted by Gasteiger charge is 2.30. The maximum Gasteiger partial charge on any atom is 0.322 e. The normalized spacial score (nSPS) is 14.9. The zero-order valence-corrected chi connectivity index (χ0v) is 17.9. The molecule has 0 fully saturated rings. The van der Waals surface area contributed by atoms with Crippen molar-refractivity contribution in [3.05, 3.63) is 0 Å². The van der Waals surface area contributed by atoms with Crippen molar-refractivity contribution in [2.24, 2.45) is 17.6 Å². The molecule has 3 amide bonds. The second kappa shape index (κ2) is 13.5. The first kappa shape index (κ1) is 27.3. The van der Waals surface area contributed by atoms with Crippen molar-refractivity contribution in [3.63, 3.8) is 0 Å². The maximum atomic E-state index is 12.8. The van der Waals surface area contributed by atoms with Gasteiger partial charge in [-0.2, -0.15) is 0 Å². The van der Waals surface area contributed by atoms with Crippen LogP contribution in [0.4, 0.5) is 0 Å². The summed E-state index contributed by atoms with van der Waals surface area (Å²) >= 11 is 0. The van der Waals surface area contributed by atoms with Crippen LogP contribution in [0.5, 0.6) is 0 Å². The highest BCUT2D eigenvalue weighted by atomic mass is 16.4. The summed E-state index contributed by atoms with van der Waals surface area (Å²) in [6.45, 7) is 6.73. The van der Waals surface area contributed by atoms with E-state index in [1.165, 1.54) is 0 Å². The third-order valence-electron chi connectivity index (χ3n) is 4.59. The number of hydrogen-bond donors (Lipinski definition) is 6. The van der Waals surface area contributed by atoms with E-state index in [1.54, 1.807) is 0 Å². The maximum absolute atomic E-state index is 12.8. The number of carbonyl (C=O) groups is 5. The lowest BCUT2D eigenvalue weighted by Crippen LogP contribution is -2.57. The lowest BCUT2D eigenvalue weighted by Gasteiger charge is -2.26. The molecule has 4 unspecified atom stereocenters. The summed E-state index contributed by atoms with van der Waals surface area (Å²) < 4.78 is 0. The molecule has 0 radical (unpaired) electrons. The summed E-state index contributed by atoms with van der Waals surface area (Å²) in [6.07, 6.45) is 0.302. The molecule has 7 N–H and O–H groups in total. The third-order valence-corrected chi connectivity index (χ3v) is 4.59. The molecule has 0 heterocycles. The van der Waals surface area contributed by atoms with Crippen LogP contribution < -0.4 is 21.7 Å². The van der Waals surface area contributed by atoms with Crippen LogP contribution in [0, 0.1) is 11.8 Å². The molecule has 30 heavy (non-hydrogen) atoms. The van der Waals surface area contributed by atoms with Gasteiger partial charge >= 0.3 is 11.9 Å². The summed E-state index contributed by atoms with van der Waals surface area (Å²) in [5.74, 6) is -4.52. The van der Waals surface area contributed by atoms with Crippen LogP contribution in [-0.4, -0.2) is 64.5 Å². The average Bonchev–Trinajstić information content (AvgIpc) is 2.66. The predicted molar refractivity (Wildman–Crippen MR) is 108 cm³/mol. The Balaban J connectivity index is 5.33. The Labute approximate surface area is 176 Å². The monoisotopic (exact) mass is 430 g/mol. The number of rotatable bonds is 14. The quantitative estimate of drug-likeness (QED) is 0.211. The van der Waals surface area contributed by atoms with E-state index in [0.29, 0.717) is 6.42 Å². The molecular weight excluding hydrogens is 396 g/mol. The van der Waals surface area contributed by atoms with Gasteiger partial charge in [0, 0.05) is 6.42 Å². The SMILES string of the molecule is CCC(C)C(N)C(=O)NC(CC(C)C)C(=O)NC(CCC(=O)O)C(=O)NCC(=O)O. The molecule has 4 atom stereocenters. The first-order valence-corrected chi connectivity index (χ1v) is 9.96. The molecule has 0 rings (SSSR count). The zero-order valence-electron chi connectivity index (χ0n) is 17.9. The fourth-order valence-corrected chi connectivity index (χ4v) is 2.58. The van der Waals surface area contributed by atoms with Crippen molar-refractivity contribution < 1.29 is 34.2 Å². The number of nitrogens with two attached hydrogens (primary N) is 1. The topological polar surface area (TPSA) is 188 Å². The van der Waals surface area contributed by atoms with Gasteiger partial charge in [0.05, 0.1) is 6.04 Å². The van der Waals surface area contributed by atoms with Gasteiger partial charge in [0.15, 0.2) is 0 Å². The van der Waals surface area contributed by atoms with Gasteiger partial charge in [-0.25, -0.2) is 0 Å². The van der Waals surface area contributed by atoms with Crippen LogP contribution in [0.2, 0.25) is 0 Å². The Morgan fingerprint density at radius 2 is 1.43 bits per heavy atom. The van der Waals surface area contributed by atoms with Crippen molar-refractivity contribution in [2.45, 2.75) is 71.5 Å². The summed E-state index contributed by atoms with van der Waals surface area (Å²) in [7, 11) is 0. The largest absolute Gasteiger partial charge is 0.481 e. The Morgan fingerprint density at radius 1 is 0.867 bits per heavy atom. The van der Waals surface area contributed by atoms with Gasteiger partial charge < -0.3 is 31.9 Å². The van der Waals surface area contributed by atoms with Crippen LogP contribution in [0.1, 0.15) is 53.4 Å². The fourth-order valence-electron chi connectivity index (χ4n) is 2.58. The molecule has 0 spiro atoms. The summed E-state index contributed by atoms with van der Waals surface area (Å²) in [4.78, 5) is 58.9. The third kappa shape index (κ3) is 10.7. The Hall–Kier alpha value is -2.69. The summed E-state index contributed by atoms with van der Waals surface area (Å²) in [6, 6.07) is -3.05. The number of aliphatic carboxylic acids is 2. The Kier molecular flexibility index (Phi) is 12.3. The lowest BCUT2D eigenvalue weighted by atomic mass is 9.97. The first-order chi connectivity index (χ1) is 13.9. The van der Waals surface area contributed by atoms with Crippen molar-refractivity contribution >= 4 is 29.7 Å². The highest BCUT2D eigenvalue weighted by Crippen LogP contribution is 2.10. The minimum absolute atomic E-state index is 0.0270. The first-order valence-electron chi connectivity index (χ1n) is 9.96. The predicted octanol–water partition coefficient (Wildman–Crippen LogP) is -0.559. The number of carbonyl (C=O) groups excluding carboxylic acids is 3. The molecule has 0 saturated carbocycles. The molecule has 11 heteroatoms. The standard InChI is InChI=1S/C19H34N4O7/c1-5-11(4)16(20)19(30)23-13(8-10(2)3)18(29)22-12(6-7-14(24)25)17(28)21-9-15(26)27/h10-13,16H,5-9,20H2,1-4H3,(H,21,28)(H,22,29)(H,23,30)(H,24,25)(H,26,27). The Morgan fingerprint density at radius 3 is 1.90 bits per heavy atom. The number of amides is 3. The van der Waals surface area contributed by atoms with Gasteiger partial charge in [0.1, 0.15) is 18.6 Å². The van der Waals surface area contributed by atoms with Gasteiger partial charge in [-0.3, -0.25) is 24.0 Å². The van der Waals surface area contributed by atoms with Crippen molar-refractivity contribution in [1.29, 1.82) is 0 Å². The zero-order chi connectivity index (χ0) is 23.4. The number of carboxylic acids is 2. The summed E-state index contributed by atoms with van der Waals surface area (Å²) in [5, 5.41) is 24.7. The molecule has 0 saturated heterocycles. The second-order valence-corrected chi connectivity index (χ2v) is 7.71. The van der Waals surface area contributed by atoms with Crippen molar-refractivity contribution in [2.75, 3.05) is 6.54 Å². The van der Waals surface area contributed by atoms with Gasteiger partial charge in [0.25, 0.3) is 0 Å². The molecule has 0 aromatic heterocycles. The van der Waals surface area contributed by atoms with Crippen LogP contribution >= 0.6 is 0 Å². The fraction of sp³-hybridized carbons (Fsp3) is 0.737. The number of nitrogens with one attached hydrogen (secondary N) is 3. The van der Waals surface area contributed by atoms with E-state index in [9.17, 15) is 24.0 Å². The molecule has 0 aromatic carbocycles. The molecule has 0 bridgehead atoms. The minimum atomic E-state index is -1.28. The molecule has 172 valence electrons. The lowest BCUT2D eigenvalue weighted by molar-refractivity contribution is -0.140. The molecule has 11 nitrogen and oxygen atoms in total. The molecule has 0 aliphatic carbocycles. The van der Waals surface area contributed by atoms with Gasteiger partial charge in [0.2, 0.25) is 17.7 Å². The van der Waals surface area contributed by atoms with Crippen molar-refractivity contribution in [3.8, 4) is 0 Å². The second-order valence-electron chi connectivity index (χ2n) is 7.71.